The number of nitrogens with one attached hydrogen (secondary N) is 1. The molecule has 2 rings (SSSR count). The summed E-state index contributed by atoms with van der Waals surface area (Å²) in [5, 5.41) is 1.51. The summed E-state index contributed by atoms with van der Waals surface area (Å²) in [7, 11) is -2.49. The Morgan fingerprint density at radius 3 is 2.78 bits per heavy atom. The highest BCUT2D eigenvalue weighted by Gasteiger charge is 2.22. The van der Waals surface area contributed by atoms with E-state index in [0.29, 0.717) is 0 Å². The number of rotatable bonds is 6. The molecule has 0 aliphatic heterocycles. The zero-order valence-electron chi connectivity index (χ0n) is 12.8. The first-order valence-electron chi connectivity index (χ1n) is 6.67. The summed E-state index contributed by atoms with van der Waals surface area (Å²) in [6.07, 6.45) is 0. The van der Waals surface area contributed by atoms with Crippen LogP contribution in [0.2, 0.25) is 0 Å². The number of hydrogen-bond donors (Lipinski definition) is 1. The molecule has 9 heteroatoms. The fourth-order valence-electron chi connectivity index (χ4n) is 1.78. The molecule has 0 amide bonds. The quantitative estimate of drug-likeness (QED) is 0.799. The van der Waals surface area contributed by atoms with Crippen LogP contribution in [0, 0.1) is 6.92 Å². The van der Waals surface area contributed by atoms with Crippen molar-refractivity contribution >= 4 is 32.5 Å². The van der Waals surface area contributed by atoms with E-state index in [1.165, 1.54) is 18.6 Å². The summed E-state index contributed by atoms with van der Waals surface area (Å²) in [4.78, 5) is 15.5. The maximum atomic E-state index is 12.5. The highest BCUT2D eigenvalue weighted by atomic mass is 32.2. The fourth-order valence-corrected chi connectivity index (χ4v) is 3.97. The Balaban J connectivity index is 2.29. The molecule has 0 aliphatic rings. The zero-order valence-corrected chi connectivity index (χ0v) is 14.5. The van der Waals surface area contributed by atoms with Crippen molar-refractivity contribution in [3.8, 4) is 5.75 Å². The standard InChI is InChI=1S/C14H16N2O5S2/c1-4-21-13(17)10-8-22-14(15-10)16-23(18,19)12-7-9(2)5-6-11(12)20-3/h5-8H,4H2,1-3H3,(H,15,16). The average molecular weight is 356 g/mol. The van der Waals surface area contributed by atoms with E-state index in [-0.39, 0.29) is 28.1 Å². The third-order valence-electron chi connectivity index (χ3n) is 2.82. The monoisotopic (exact) mass is 356 g/mol. The van der Waals surface area contributed by atoms with Gasteiger partial charge in [-0.1, -0.05) is 6.07 Å². The molecule has 0 saturated carbocycles. The van der Waals surface area contributed by atoms with Crippen LogP contribution in [0.25, 0.3) is 0 Å². The lowest BCUT2D eigenvalue weighted by Crippen LogP contribution is -2.14. The molecule has 1 aromatic carbocycles. The molecule has 0 aliphatic carbocycles. The minimum atomic E-state index is -3.88. The number of carbonyl (C=O) groups excluding carboxylic acids is 1. The van der Waals surface area contributed by atoms with E-state index in [1.807, 2.05) is 0 Å². The van der Waals surface area contributed by atoms with Crippen molar-refractivity contribution in [1.29, 1.82) is 0 Å². The van der Waals surface area contributed by atoms with Crippen molar-refractivity contribution < 1.29 is 22.7 Å². The van der Waals surface area contributed by atoms with E-state index >= 15 is 0 Å². The van der Waals surface area contributed by atoms with Gasteiger partial charge in [-0.05, 0) is 31.5 Å². The number of benzene rings is 1. The summed E-state index contributed by atoms with van der Waals surface area (Å²) < 4.78 is 37.2. The first-order chi connectivity index (χ1) is 10.9. The average Bonchev–Trinajstić information content (AvgIpc) is 2.95. The summed E-state index contributed by atoms with van der Waals surface area (Å²) in [5.41, 5.74) is 0.836. The topological polar surface area (TPSA) is 94.6 Å². The predicted molar refractivity (Wildman–Crippen MR) is 86.6 cm³/mol. The minimum absolute atomic E-state index is 0.00730. The molecule has 0 unspecified atom stereocenters. The molecule has 7 nitrogen and oxygen atoms in total. The molecule has 23 heavy (non-hydrogen) atoms. The van der Waals surface area contributed by atoms with Crippen molar-refractivity contribution in [3.63, 3.8) is 0 Å². The van der Waals surface area contributed by atoms with Crippen LogP contribution in [0.5, 0.6) is 5.75 Å². The predicted octanol–water partition coefficient (Wildman–Crippen LogP) is 2.44. The van der Waals surface area contributed by atoms with Gasteiger partial charge in [0.15, 0.2) is 10.8 Å². The first-order valence-corrected chi connectivity index (χ1v) is 9.03. The van der Waals surface area contributed by atoms with Crippen LogP contribution in [-0.4, -0.2) is 33.1 Å². The Bertz CT molecular complexity index is 814. The summed E-state index contributed by atoms with van der Waals surface area (Å²) in [6.45, 7) is 3.68. The molecule has 0 bridgehead atoms. The molecule has 0 spiro atoms. The number of ether oxygens (including phenoxy) is 2. The van der Waals surface area contributed by atoms with Gasteiger partial charge in [0.05, 0.1) is 13.7 Å². The number of carbonyl (C=O) groups is 1. The van der Waals surface area contributed by atoms with Crippen LogP contribution in [-0.2, 0) is 14.8 Å². The third kappa shape index (κ3) is 3.99. The lowest BCUT2D eigenvalue weighted by molar-refractivity contribution is 0.0520. The Morgan fingerprint density at radius 2 is 2.13 bits per heavy atom. The summed E-state index contributed by atoms with van der Waals surface area (Å²) >= 11 is 1.000. The van der Waals surface area contributed by atoms with Crippen molar-refractivity contribution in [1.82, 2.24) is 4.98 Å². The molecule has 1 aromatic heterocycles. The fraction of sp³-hybridized carbons (Fsp3) is 0.286. The molecule has 0 radical (unpaired) electrons. The maximum Gasteiger partial charge on any atom is 0.357 e. The van der Waals surface area contributed by atoms with E-state index < -0.39 is 16.0 Å². The Labute approximate surface area is 138 Å². The van der Waals surface area contributed by atoms with E-state index in [4.69, 9.17) is 9.47 Å². The summed E-state index contributed by atoms with van der Waals surface area (Å²) in [5.74, 6) is -0.368. The molecular formula is C14H16N2O5S2. The second-order valence-electron chi connectivity index (χ2n) is 4.52. The van der Waals surface area contributed by atoms with Gasteiger partial charge in [0.25, 0.3) is 10.0 Å². The van der Waals surface area contributed by atoms with Crippen LogP contribution in [0.4, 0.5) is 5.13 Å². The van der Waals surface area contributed by atoms with Gasteiger partial charge in [0.1, 0.15) is 10.6 Å². The molecule has 1 heterocycles. The number of hydrogen-bond acceptors (Lipinski definition) is 7. The highest BCUT2D eigenvalue weighted by molar-refractivity contribution is 7.93. The number of nitrogens with zero attached hydrogens (tertiary/aromatic N) is 1. The van der Waals surface area contributed by atoms with Crippen LogP contribution in [0.1, 0.15) is 23.0 Å². The second-order valence-corrected chi connectivity index (χ2v) is 7.03. The molecule has 0 atom stereocenters. The van der Waals surface area contributed by atoms with E-state index in [0.717, 1.165) is 16.9 Å². The highest BCUT2D eigenvalue weighted by Crippen LogP contribution is 2.27. The lowest BCUT2D eigenvalue weighted by atomic mass is 10.2. The molecular weight excluding hydrogens is 340 g/mol. The van der Waals surface area contributed by atoms with Gasteiger partial charge < -0.3 is 9.47 Å². The number of methoxy groups -OCH3 is 1. The second kappa shape index (κ2) is 6.97. The van der Waals surface area contributed by atoms with Gasteiger partial charge in [-0.2, -0.15) is 0 Å². The minimum Gasteiger partial charge on any atom is -0.495 e. The molecule has 0 saturated heterocycles. The number of thiazole rings is 1. The van der Waals surface area contributed by atoms with E-state index in [9.17, 15) is 13.2 Å². The van der Waals surface area contributed by atoms with E-state index in [1.54, 1.807) is 26.0 Å². The Morgan fingerprint density at radius 1 is 1.39 bits per heavy atom. The van der Waals surface area contributed by atoms with Gasteiger partial charge in [-0.15, -0.1) is 11.3 Å². The van der Waals surface area contributed by atoms with Gasteiger partial charge in [-0.3, -0.25) is 4.72 Å². The molecule has 1 N–H and O–H groups in total. The van der Waals surface area contributed by atoms with Crippen molar-refractivity contribution in [2.45, 2.75) is 18.7 Å². The van der Waals surface area contributed by atoms with Crippen LogP contribution >= 0.6 is 11.3 Å². The lowest BCUT2D eigenvalue weighted by Gasteiger charge is -2.10. The number of sulfonamides is 1. The van der Waals surface area contributed by atoms with Gasteiger partial charge >= 0.3 is 5.97 Å². The molecule has 0 fully saturated rings. The smallest absolute Gasteiger partial charge is 0.357 e. The summed E-state index contributed by atoms with van der Waals surface area (Å²) in [6, 6.07) is 4.83. The number of esters is 1. The van der Waals surface area contributed by atoms with Crippen LogP contribution in [0.15, 0.2) is 28.5 Å². The third-order valence-corrected chi connectivity index (χ3v) is 5.07. The molecule has 124 valence electrons. The molecule has 2 aromatic rings. The van der Waals surface area contributed by atoms with Crippen molar-refractivity contribution in [2.24, 2.45) is 0 Å². The normalized spacial score (nSPS) is 11.1. The number of aromatic nitrogens is 1. The van der Waals surface area contributed by atoms with Crippen molar-refractivity contribution in [3.05, 3.63) is 34.8 Å². The van der Waals surface area contributed by atoms with Gasteiger partial charge in [0.2, 0.25) is 0 Å². The maximum absolute atomic E-state index is 12.5. The van der Waals surface area contributed by atoms with Crippen LogP contribution in [0.3, 0.4) is 0 Å². The van der Waals surface area contributed by atoms with Crippen molar-refractivity contribution in [2.75, 3.05) is 18.4 Å². The SMILES string of the molecule is CCOC(=O)c1csc(NS(=O)(=O)c2cc(C)ccc2OC)n1. The zero-order chi connectivity index (χ0) is 17.0. The van der Waals surface area contributed by atoms with Crippen LogP contribution < -0.4 is 9.46 Å². The first kappa shape index (κ1) is 17.2. The number of aryl methyl sites for hydroxylation is 1. The Hall–Kier alpha value is -2.13. The number of anilines is 1. The van der Waals surface area contributed by atoms with Gasteiger partial charge in [-0.25, -0.2) is 18.2 Å². The largest absolute Gasteiger partial charge is 0.495 e. The van der Waals surface area contributed by atoms with E-state index in [2.05, 4.69) is 9.71 Å². The Kier molecular flexibility index (Phi) is 5.22. The van der Waals surface area contributed by atoms with Gasteiger partial charge in [0, 0.05) is 5.38 Å².